The predicted octanol–water partition coefficient (Wildman–Crippen LogP) is 3.75. The summed E-state index contributed by atoms with van der Waals surface area (Å²) >= 11 is 1.36. The number of para-hydroxylation sites is 1. The summed E-state index contributed by atoms with van der Waals surface area (Å²) in [5.41, 5.74) is 0.337. The van der Waals surface area contributed by atoms with Gasteiger partial charge in [-0.2, -0.15) is 0 Å². The van der Waals surface area contributed by atoms with Gasteiger partial charge in [-0.3, -0.25) is 9.69 Å². The minimum absolute atomic E-state index is 0.0254. The lowest BCUT2D eigenvalue weighted by atomic mass is 10.2. The van der Waals surface area contributed by atoms with Gasteiger partial charge in [-0.25, -0.2) is 9.37 Å². The van der Waals surface area contributed by atoms with Gasteiger partial charge in [0.25, 0.3) is 0 Å². The van der Waals surface area contributed by atoms with Gasteiger partial charge < -0.3 is 4.74 Å². The van der Waals surface area contributed by atoms with Crippen molar-refractivity contribution >= 4 is 32.6 Å². The molecule has 6 heteroatoms. The molecule has 4 nitrogen and oxygen atoms in total. The minimum atomic E-state index is -0.347. The van der Waals surface area contributed by atoms with Gasteiger partial charge in [0.1, 0.15) is 11.3 Å². The summed E-state index contributed by atoms with van der Waals surface area (Å²) in [5, 5.41) is 0.564. The van der Waals surface area contributed by atoms with Crippen LogP contribution in [0.25, 0.3) is 10.2 Å². The van der Waals surface area contributed by atoms with Crippen molar-refractivity contribution < 1.29 is 13.9 Å². The highest BCUT2D eigenvalue weighted by molar-refractivity contribution is 7.22. The van der Waals surface area contributed by atoms with E-state index in [0.29, 0.717) is 23.6 Å². The molecule has 3 rings (SSSR count). The van der Waals surface area contributed by atoms with Crippen molar-refractivity contribution in [1.29, 1.82) is 0 Å². The Balaban J connectivity index is 1.91. The number of ether oxygens (including phenoxy) is 1. The fraction of sp³-hybridized carbons (Fsp3) is 0.500. The third-order valence-corrected chi connectivity index (χ3v) is 4.81. The summed E-state index contributed by atoms with van der Waals surface area (Å²) in [6.07, 6.45) is 3.27. The number of thiazole rings is 1. The van der Waals surface area contributed by atoms with Crippen LogP contribution in [0.2, 0.25) is 0 Å². The van der Waals surface area contributed by atoms with Crippen molar-refractivity contribution in [3.63, 3.8) is 0 Å². The maximum atomic E-state index is 13.8. The lowest BCUT2D eigenvalue weighted by molar-refractivity contribution is -0.119. The van der Waals surface area contributed by atoms with Gasteiger partial charge in [-0.15, -0.1) is 0 Å². The van der Waals surface area contributed by atoms with Crippen molar-refractivity contribution in [1.82, 2.24) is 4.98 Å². The smallest absolute Gasteiger partial charge is 0.228 e. The quantitative estimate of drug-likeness (QED) is 0.842. The summed E-state index contributed by atoms with van der Waals surface area (Å²) in [5.74, 6) is -0.322. The Hall–Kier alpha value is -1.53. The maximum absolute atomic E-state index is 13.8. The first-order valence-corrected chi connectivity index (χ1v) is 8.47. The van der Waals surface area contributed by atoms with E-state index in [9.17, 15) is 9.18 Å². The normalized spacial score (nSPS) is 18.0. The number of fused-ring (bicyclic) bond motifs is 1. The third-order valence-electron chi connectivity index (χ3n) is 3.76. The summed E-state index contributed by atoms with van der Waals surface area (Å²) in [6.45, 7) is 3.22. The van der Waals surface area contributed by atoms with Crippen molar-refractivity contribution in [3.05, 3.63) is 24.0 Å². The van der Waals surface area contributed by atoms with Crippen LogP contribution in [-0.2, 0) is 9.53 Å². The molecule has 0 spiro atoms. The molecule has 0 N–H and O–H groups in total. The Morgan fingerprint density at radius 3 is 3.09 bits per heavy atom. The van der Waals surface area contributed by atoms with Crippen LogP contribution in [0, 0.1) is 5.82 Å². The molecule has 22 heavy (non-hydrogen) atoms. The maximum Gasteiger partial charge on any atom is 0.228 e. The first-order valence-electron chi connectivity index (χ1n) is 7.66. The molecule has 1 aromatic carbocycles. The fourth-order valence-corrected chi connectivity index (χ4v) is 3.65. The van der Waals surface area contributed by atoms with Gasteiger partial charge >= 0.3 is 0 Å². The number of carbonyl (C=O) groups is 1. The van der Waals surface area contributed by atoms with E-state index in [1.54, 1.807) is 11.0 Å². The zero-order chi connectivity index (χ0) is 15.5. The van der Waals surface area contributed by atoms with Gasteiger partial charge in [0.15, 0.2) is 5.13 Å². The Morgan fingerprint density at radius 2 is 2.41 bits per heavy atom. The lowest BCUT2D eigenvalue weighted by Crippen LogP contribution is -2.37. The highest BCUT2D eigenvalue weighted by atomic mass is 32.1. The first kappa shape index (κ1) is 15.4. The second kappa shape index (κ2) is 6.71. The van der Waals surface area contributed by atoms with Gasteiger partial charge in [-0.1, -0.05) is 24.3 Å². The zero-order valence-corrected chi connectivity index (χ0v) is 13.4. The number of carbonyl (C=O) groups excluding carboxylic acids is 1. The minimum Gasteiger partial charge on any atom is -0.376 e. The predicted molar refractivity (Wildman–Crippen MR) is 85.8 cm³/mol. The molecule has 0 saturated carbocycles. The molecule has 1 fully saturated rings. The molecule has 1 aromatic heterocycles. The fourth-order valence-electron chi connectivity index (χ4n) is 2.65. The highest BCUT2D eigenvalue weighted by Gasteiger charge is 2.26. The van der Waals surface area contributed by atoms with E-state index in [-0.39, 0.29) is 17.8 Å². The average Bonchev–Trinajstić information content (AvgIpc) is 3.14. The van der Waals surface area contributed by atoms with E-state index in [2.05, 4.69) is 4.98 Å². The number of aromatic nitrogens is 1. The number of hydrogen-bond acceptors (Lipinski definition) is 4. The molecular weight excluding hydrogens is 303 g/mol. The zero-order valence-electron chi connectivity index (χ0n) is 12.5. The van der Waals surface area contributed by atoms with Crippen molar-refractivity contribution in [2.24, 2.45) is 0 Å². The van der Waals surface area contributed by atoms with Crippen LogP contribution < -0.4 is 4.90 Å². The number of amides is 1. The molecule has 0 bridgehead atoms. The topological polar surface area (TPSA) is 42.4 Å². The van der Waals surface area contributed by atoms with Crippen LogP contribution in [0.5, 0.6) is 0 Å². The van der Waals surface area contributed by atoms with Crippen LogP contribution in [0.15, 0.2) is 18.2 Å². The van der Waals surface area contributed by atoms with E-state index >= 15 is 0 Å². The lowest BCUT2D eigenvalue weighted by Gasteiger charge is -2.22. The number of anilines is 1. The molecule has 2 aromatic rings. The van der Waals surface area contributed by atoms with Crippen molar-refractivity contribution in [3.8, 4) is 0 Å². The number of benzene rings is 1. The number of hydrogen-bond donors (Lipinski definition) is 0. The third kappa shape index (κ3) is 3.13. The van der Waals surface area contributed by atoms with E-state index in [1.165, 1.54) is 17.4 Å². The van der Waals surface area contributed by atoms with Gasteiger partial charge in [0.05, 0.1) is 17.3 Å². The Bertz CT molecular complexity index is 667. The van der Waals surface area contributed by atoms with E-state index in [0.717, 1.165) is 30.6 Å². The Morgan fingerprint density at radius 1 is 1.55 bits per heavy atom. The molecule has 0 aliphatic carbocycles. The summed E-state index contributed by atoms with van der Waals surface area (Å²) in [4.78, 5) is 18.5. The number of rotatable bonds is 5. The standard InChI is InChI=1S/C16H19FN2O2S/c1-2-5-14(20)19(10-11-6-4-9-21-11)16-18-15-12(17)7-3-8-13(15)22-16/h3,7-8,11H,2,4-6,9-10H2,1H3. The molecule has 1 unspecified atom stereocenters. The highest BCUT2D eigenvalue weighted by Crippen LogP contribution is 2.31. The molecule has 2 heterocycles. The van der Waals surface area contributed by atoms with Crippen LogP contribution in [0.4, 0.5) is 9.52 Å². The summed E-state index contributed by atoms with van der Waals surface area (Å²) in [6, 6.07) is 4.89. The SMILES string of the molecule is CCCC(=O)N(CC1CCCO1)c1nc2c(F)cccc2s1. The molecular formula is C16H19FN2O2S. The summed E-state index contributed by atoms with van der Waals surface area (Å²) in [7, 11) is 0. The molecule has 1 aliphatic heterocycles. The van der Waals surface area contributed by atoms with Crippen LogP contribution in [0.1, 0.15) is 32.6 Å². The Kier molecular flexibility index (Phi) is 4.69. The monoisotopic (exact) mass is 322 g/mol. The van der Waals surface area contributed by atoms with Crippen LogP contribution >= 0.6 is 11.3 Å². The van der Waals surface area contributed by atoms with E-state index < -0.39 is 0 Å². The number of halogens is 1. The summed E-state index contributed by atoms with van der Waals surface area (Å²) < 4.78 is 20.2. The molecule has 1 atom stereocenters. The Labute approximate surface area is 132 Å². The average molecular weight is 322 g/mol. The molecule has 1 aliphatic rings. The second-order valence-corrected chi connectivity index (χ2v) is 6.48. The molecule has 1 saturated heterocycles. The second-order valence-electron chi connectivity index (χ2n) is 5.47. The molecule has 1 amide bonds. The first-order chi connectivity index (χ1) is 10.7. The van der Waals surface area contributed by atoms with Gasteiger partial charge in [0, 0.05) is 13.0 Å². The van der Waals surface area contributed by atoms with Crippen LogP contribution in [-0.4, -0.2) is 30.1 Å². The van der Waals surface area contributed by atoms with Gasteiger partial charge in [0.2, 0.25) is 5.91 Å². The molecule has 0 radical (unpaired) electrons. The van der Waals surface area contributed by atoms with Crippen LogP contribution in [0.3, 0.4) is 0 Å². The number of nitrogens with zero attached hydrogens (tertiary/aromatic N) is 2. The van der Waals surface area contributed by atoms with E-state index in [4.69, 9.17) is 4.74 Å². The van der Waals surface area contributed by atoms with Gasteiger partial charge in [-0.05, 0) is 31.4 Å². The van der Waals surface area contributed by atoms with Crippen molar-refractivity contribution in [2.45, 2.75) is 38.7 Å². The molecule has 118 valence electrons. The van der Waals surface area contributed by atoms with Crippen molar-refractivity contribution in [2.75, 3.05) is 18.1 Å². The van der Waals surface area contributed by atoms with E-state index in [1.807, 2.05) is 13.0 Å². The largest absolute Gasteiger partial charge is 0.376 e.